The number of hydrogen-bond donors (Lipinski definition) is 1. The summed E-state index contributed by atoms with van der Waals surface area (Å²) in [5.41, 5.74) is -0.381. The van der Waals surface area contributed by atoms with Gasteiger partial charge in [-0.1, -0.05) is 23.7 Å². The first kappa shape index (κ1) is 16.1. The normalized spacial score (nSPS) is 13.4. The predicted molar refractivity (Wildman–Crippen MR) is 87.6 cm³/mol. The topological polar surface area (TPSA) is 94.1 Å². The molecular weight excluding hydrogens is 332 g/mol. The Kier molecular flexibility index (Phi) is 4.28. The highest BCUT2D eigenvalue weighted by atomic mass is 35.5. The molecule has 0 bridgehead atoms. The Bertz CT molecular complexity index is 835. The van der Waals surface area contributed by atoms with Gasteiger partial charge < -0.3 is 5.11 Å². The molecular formula is C16H13ClN4O3. The lowest BCUT2D eigenvalue weighted by Gasteiger charge is -2.29. The van der Waals surface area contributed by atoms with E-state index < -0.39 is 10.5 Å². The number of rotatable bonds is 5. The summed E-state index contributed by atoms with van der Waals surface area (Å²) < 4.78 is 1.50. The molecule has 0 radical (unpaired) electrons. The molecule has 0 amide bonds. The van der Waals surface area contributed by atoms with Gasteiger partial charge >= 0.3 is 0 Å². The SMILES string of the molecule is O=[N+]([O-])c1ccc(C(O)(Cn2cncn2)c2ccc(Cl)cc2)cc1. The minimum atomic E-state index is -1.44. The summed E-state index contributed by atoms with van der Waals surface area (Å²) in [7, 11) is 0. The quantitative estimate of drug-likeness (QED) is 0.567. The van der Waals surface area contributed by atoms with Crippen LogP contribution in [0.5, 0.6) is 0 Å². The maximum atomic E-state index is 11.3. The highest BCUT2D eigenvalue weighted by Crippen LogP contribution is 2.33. The second-order valence-electron chi connectivity index (χ2n) is 5.26. The van der Waals surface area contributed by atoms with Crippen LogP contribution in [-0.4, -0.2) is 24.8 Å². The third-order valence-electron chi connectivity index (χ3n) is 3.73. The number of aromatic nitrogens is 3. The zero-order valence-corrected chi connectivity index (χ0v) is 13.2. The number of nitro benzene ring substituents is 1. The second-order valence-corrected chi connectivity index (χ2v) is 5.70. The summed E-state index contributed by atoms with van der Waals surface area (Å²) in [6.07, 6.45) is 2.87. The molecule has 0 aliphatic heterocycles. The van der Waals surface area contributed by atoms with E-state index in [1.165, 1.54) is 41.6 Å². The molecule has 2 aromatic carbocycles. The van der Waals surface area contributed by atoms with Gasteiger partial charge in [0.05, 0.1) is 11.5 Å². The number of aliphatic hydroxyl groups is 1. The Labute approximate surface area is 142 Å². The van der Waals surface area contributed by atoms with Gasteiger partial charge in [0.25, 0.3) is 5.69 Å². The van der Waals surface area contributed by atoms with Crippen molar-refractivity contribution in [2.45, 2.75) is 12.1 Å². The molecule has 1 N–H and O–H groups in total. The molecule has 0 saturated carbocycles. The van der Waals surface area contributed by atoms with Crippen molar-refractivity contribution in [3.8, 4) is 0 Å². The molecule has 1 heterocycles. The summed E-state index contributed by atoms with van der Waals surface area (Å²) in [5, 5.41) is 26.7. The number of nitro groups is 1. The van der Waals surface area contributed by atoms with E-state index in [0.717, 1.165) is 0 Å². The van der Waals surface area contributed by atoms with Crippen molar-refractivity contribution >= 4 is 17.3 Å². The van der Waals surface area contributed by atoms with Gasteiger partial charge in [-0.2, -0.15) is 5.10 Å². The first-order valence-electron chi connectivity index (χ1n) is 7.05. The van der Waals surface area contributed by atoms with Crippen LogP contribution in [0.2, 0.25) is 5.02 Å². The average Bonchev–Trinajstić information content (AvgIpc) is 3.08. The Hall–Kier alpha value is -2.77. The highest BCUT2D eigenvalue weighted by molar-refractivity contribution is 6.30. The molecule has 8 heteroatoms. The van der Waals surface area contributed by atoms with E-state index in [4.69, 9.17) is 11.6 Å². The molecule has 0 fully saturated rings. The van der Waals surface area contributed by atoms with E-state index in [0.29, 0.717) is 16.1 Å². The van der Waals surface area contributed by atoms with Crippen LogP contribution in [0.1, 0.15) is 11.1 Å². The lowest BCUT2D eigenvalue weighted by molar-refractivity contribution is -0.384. The maximum Gasteiger partial charge on any atom is 0.269 e. The van der Waals surface area contributed by atoms with Gasteiger partial charge in [0.15, 0.2) is 0 Å². The Morgan fingerprint density at radius 3 is 2.21 bits per heavy atom. The summed E-state index contributed by atoms with van der Waals surface area (Å²) in [6.45, 7) is 0.104. The van der Waals surface area contributed by atoms with E-state index in [2.05, 4.69) is 10.1 Å². The zero-order chi connectivity index (χ0) is 17.2. The Morgan fingerprint density at radius 1 is 1.12 bits per heavy atom. The molecule has 7 nitrogen and oxygen atoms in total. The predicted octanol–water partition coefficient (Wildman–Crippen LogP) is 2.78. The van der Waals surface area contributed by atoms with Crippen LogP contribution in [0.4, 0.5) is 5.69 Å². The van der Waals surface area contributed by atoms with Gasteiger partial charge in [0.1, 0.15) is 18.3 Å². The molecule has 24 heavy (non-hydrogen) atoms. The standard InChI is InChI=1S/C16H13ClN4O3/c17-14-5-1-12(2-6-14)16(22,9-20-11-18-10-19-20)13-3-7-15(8-4-13)21(23)24/h1-8,10-11,22H,9H2. The fourth-order valence-corrected chi connectivity index (χ4v) is 2.61. The molecule has 0 saturated heterocycles. The van der Waals surface area contributed by atoms with E-state index in [9.17, 15) is 15.2 Å². The third kappa shape index (κ3) is 3.12. The number of halogens is 1. The van der Waals surface area contributed by atoms with Crippen LogP contribution in [0.3, 0.4) is 0 Å². The second kappa shape index (κ2) is 6.38. The van der Waals surface area contributed by atoms with Crippen LogP contribution >= 0.6 is 11.6 Å². The summed E-state index contributed by atoms with van der Waals surface area (Å²) >= 11 is 5.92. The van der Waals surface area contributed by atoms with Crippen LogP contribution in [-0.2, 0) is 12.1 Å². The van der Waals surface area contributed by atoms with Crippen LogP contribution < -0.4 is 0 Å². The smallest absolute Gasteiger partial charge is 0.269 e. The molecule has 1 aromatic heterocycles. The van der Waals surface area contributed by atoms with E-state index >= 15 is 0 Å². The van der Waals surface area contributed by atoms with Crippen molar-refractivity contribution in [1.29, 1.82) is 0 Å². The minimum Gasteiger partial charge on any atom is -0.378 e. The van der Waals surface area contributed by atoms with Crippen molar-refractivity contribution in [3.63, 3.8) is 0 Å². The van der Waals surface area contributed by atoms with Crippen LogP contribution in [0.15, 0.2) is 61.2 Å². The lowest BCUT2D eigenvalue weighted by Crippen LogP contribution is -2.33. The van der Waals surface area contributed by atoms with Crippen molar-refractivity contribution in [3.05, 3.63) is 87.4 Å². The van der Waals surface area contributed by atoms with Gasteiger partial charge in [0.2, 0.25) is 0 Å². The molecule has 0 spiro atoms. The largest absolute Gasteiger partial charge is 0.378 e. The van der Waals surface area contributed by atoms with E-state index in [-0.39, 0.29) is 12.2 Å². The summed E-state index contributed by atoms with van der Waals surface area (Å²) in [4.78, 5) is 14.2. The molecule has 3 rings (SSSR count). The first-order chi connectivity index (χ1) is 11.5. The third-order valence-corrected chi connectivity index (χ3v) is 3.99. The Balaban J connectivity index is 2.06. The number of hydrogen-bond acceptors (Lipinski definition) is 5. The summed E-state index contributed by atoms with van der Waals surface area (Å²) in [5.74, 6) is 0. The number of benzene rings is 2. The van der Waals surface area contributed by atoms with Gasteiger partial charge in [0, 0.05) is 17.2 Å². The zero-order valence-electron chi connectivity index (χ0n) is 12.4. The fourth-order valence-electron chi connectivity index (χ4n) is 2.48. The van der Waals surface area contributed by atoms with Gasteiger partial charge in [-0.05, 0) is 35.4 Å². The van der Waals surface area contributed by atoms with Crippen molar-refractivity contribution in [2.24, 2.45) is 0 Å². The van der Waals surface area contributed by atoms with Gasteiger partial charge in [-0.15, -0.1) is 0 Å². The molecule has 1 unspecified atom stereocenters. The van der Waals surface area contributed by atoms with Gasteiger partial charge in [-0.25, -0.2) is 9.67 Å². The minimum absolute atomic E-state index is 0.0436. The fraction of sp³-hybridized carbons (Fsp3) is 0.125. The number of nitrogens with zero attached hydrogens (tertiary/aromatic N) is 4. The van der Waals surface area contributed by atoms with Crippen LogP contribution in [0, 0.1) is 10.1 Å². The van der Waals surface area contributed by atoms with Gasteiger partial charge in [-0.3, -0.25) is 10.1 Å². The van der Waals surface area contributed by atoms with E-state index in [1.807, 2.05) is 0 Å². The number of non-ortho nitro benzene ring substituents is 1. The Morgan fingerprint density at radius 2 is 1.71 bits per heavy atom. The van der Waals surface area contributed by atoms with Crippen LogP contribution in [0.25, 0.3) is 0 Å². The molecule has 3 aromatic rings. The molecule has 0 aliphatic carbocycles. The van der Waals surface area contributed by atoms with E-state index in [1.54, 1.807) is 24.3 Å². The molecule has 122 valence electrons. The van der Waals surface area contributed by atoms with Crippen molar-refractivity contribution < 1.29 is 10.0 Å². The average molecular weight is 345 g/mol. The van der Waals surface area contributed by atoms with Crippen molar-refractivity contribution in [1.82, 2.24) is 14.8 Å². The highest BCUT2D eigenvalue weighted by Gasteiger charge is 2.33. The lowest BCUT2D eigenvalue weighted by atomic mass is 9.86. The van der Waals surface area contributed by atoms with Crippen molar-refractivity contribution in [2.75, 3.05) is 0 Å². The summed E-state index contributed by atoms with van der Waals surface area (Å²) in [6, 6.07) is 12.5. The first-order valence-corrected chi connectivity index (χ1v) is 7.42. The monoisotopic (exact) mass is 344 g/mol. The molecule has 1 atom stereocenters. The maximum absolute atomic E-state index is 11.3. The molecule has 0 aliphatic rings.